The smallest absolute Gasteiger partial charge is 0.313 e. The molecule has 0 radical (unpaired) electrons. The summed E-state index contributed by atoms with van der Waals surface area (Å²) in [6, 6.07) is 1.79. The normalized spacial score (nSPS) is 9.92. The fourth-order valence-electron chi connectivity index (χ4n) is 0.769. The first kappa shape index (κ1) is 10.3. The lowest BCUT2D eigenvalue weighted by molar-refractivity contribution is -0.133. The van der Waals surface area contributed by atoms with E-state index in [1.54, 1.807) is 18.5 Å². The molecule has 0 fully saturated rings. The number of carboxylic acid groups (broad SMARTS) is 1. The molecule has 1 aromatic heterocycles. The van der Waals surface area contributed by atoms with Crippen molar-refractivity contribution < 1.29 is 9.90 Å². The van der Waals surface area contributed by atoms with Crippen molar-refractivity contribution in [3.63, 3.8) is 0 Å². The van der Waals surface area contributed by atoms with Crippen molar-refractivity contribution >= 4 is 29.3 Å². The number of aliphatic carboxylic acids is 1. The number of nitrogens with zero attached hydrogens (tertiary/aromatic N) is 1. The fourth-order valence-corrected chi connectivity index (χ4v) is 1.78. The Morgan fingerprint density at radius 2 is 2.46 bits per heavy atom. The average Bonchev–Trinajstić information content (AvgIpc) is 2.08. The average molecular weight is 218 g/mol. The summed E-state index contributed by atoms with van der Waals surface area (Å²) >= 11 is 7.13. The van der Waals surface area contributed by atoms with E-state index in [0.29, 0.717) is 10.8 Å². The molecule has 0 aliphatic heterocycles. The van der Waals surface area contributed by atoms with Crippen molar-refractivity contribution in [3.05, 3.63) is 29.0 Å². The van der Waals surface area contributed by atoms with Crippen LogP contribution >= 0.6 is 23.4 Å². The second-order valence-electron chi connectivity index (χ2n) is 2.35. The van der Waals surface area contributed by atoms with Crippen LogP contribution in [0, 0.1) is 0 Å². The van der Waals surface area contributed by atoms with E-state index in [-0.39, 0.29) is 5.75 Å². The van der Waals surface area contributed by atoms with Crippen molar-refractivity contribution in [2.24, 2.45) is 0 Å². The lowest BCUT2D eigenvalue weighted by Gasteiger charge is -2.00. The minimum absolute atomic E-state index is 0.0959. The van der Waals surface area contributed by atoms with Crippen molar-refractivity contribution in [1.29, 1.82) is 0 Å². The van der Waals surface area contributed by atoms with Gasteiger partial charge in [-0.3, -0.25) is 9.78 Å². The van der Waals surface area contributed by atoms with Crippen LogP contribution in [0.4, 0.5) is 0 Å². The van der Waals surface area contributed by atoms with Crippen LogP contribution in [0.2, 0.25) is 5.02 Å². The van der Waals surface area contributed by atoms with Gasteiger partial charge in [-0.25, -0.2) is 0 Å². The summed E-state index contributed by atoms with van der Waals surface area (Å²) in [5.74, 6) is -0.109. The maximum absolute atomic E-state index is 10.2. The zero-order valence-corrected chi connectivity index (χ0v) is 8.31. The molecule has 1 aromatic rings. The summed E-state index contributed by atoms with van der Waals surface area (Å²) in [5.41, 5.74) is 0.919. The van der Waals surface area contributed by atoms with Gasteiger partial charge in [0, 0.05) is 18.1 Å². The highest BCUT2D eigenvalue weighted by Crippen LogP contribution is 2.19. The molecule has 0 saturated heterocycles. The molecule has 1 rings (SSSR count). The molecule has 0 aromatic carbocycles. The molecule has 0 aliphatic carbocycles. The van der Waals surface area contributed by atoms with E-state index in [1.165, 1.54) is 11.8 Å². The third kappa shape index (κ3) is 3.65. The molecule has 1 N–H and O–H groups in total. The number of halogens is 1. The van der Waals surface area contributed by atoms with Gasteiger partial charge in [0.15, 0.2) is 0 Å². The van der Waals surface area contributed by atoms with E-state index in [2.05, 4.69) is 4.98 Å². The summed E-state index contributed by atoms with van der Waals surface area (Å²) < 4.78 is 0. The molecule has 1 heterocycles. The highest BCUT2D eigenvalue weighted by atomic mass is 35.5. The van der Waals surface area contributed by atoms with Crippen molar-refractivity contribution in [2.75, 3.05) is 5.75 Å². The number of thioether (sulfide) groups is 1. The zero-order valence-electron chi connectivity index (χ0n) is 6.74. The van der Waals surface area contributed by atoms with Crippen molar-refractivity contribution in [3.8, 4) is 0 Å². The van der Waals surface area contributed by atoms with Gasteiger partial charge in [0.05, 0.1) is 10.8 Å². The Bertz CT molecular complexity index is 306. The largest absolute Gasteiger partial charge is 0.481 e. The molecule has 0 aliphatic rings. The van der Waals surface area contributed by atoms with E-state index >= 15 is 0 Å². The topological polar surface area (TPSA) is 50.2 Å². The van der Waals surface area contributed by atoms with Gasteiger partial charge in [0.1, 0.15) is 0 Å². The van der Waals surface area contributed by atoms with Gasteiger partial charge in [-0.05, 0) is 11.6 Å². The minimum Gasteiger partial charge on any atom is -0.481 e. The molecule has 0 atom stereocenters. The molecular weight excluding hydrogens is 210 g/mol. The Morgan fingerprint density at radius 1 is 1.69 bits per heavy atom. The monoisotopic (exact) mass is 217 g/mol. The summed E-state index contributed by atoms with van der Waals surface area (Å²) in [6.07, 6.45) is 3.20. The van der Waals surface area contributed by atoms with E-state index < -0.39 is 5.97 Å². The second-order valence-corrected chi connectivity index (χ2v) is 3.75. The van der Waals surface area contributed by atoms with Crippen LogP contribution in [-0.2, 0) is 10.5 Å². The lowest BCUT2D eigenvalue weighted by atomic mass is 10.3. The fraction of sp³-hybridized carbons (Fsp3) is 0.250. The SMILES string of the molecule is O=C(O)CSCc1ccncc1Cl. The third-order valence-electron chi connectivity index (χ3n) is 1.34. The minimum atomic E-state index is -0.810. The Hall–Kier alpha value is -0.740. The van der Waals surface area contributed by atoms with Crippen molar-refractivity contribution in [2.45, 2.75) is 5.75 Å². The maximum atomic E-state index is 10.2. The number of hydrogen-bond acceptors (Lipinski definition) is 3. The van der Waals surface area contributed by atoms with E-state index in [9.17, 15) is 4.79 Å². The Balaban J connectivity index is 2.45. The van der Waals surface area contributed by atoms with Crippen LogP contribution in [-0.4, -0.2) is 21.8 Å². The predicted octanol–water partition coefficient (Wildman–Crippen LogP) is 2.05. The van der Waals surface area contributed by atoms with E-state index in [4.69, 9.17) is 16.7 Å². The first-order chi connectivity index (χ1) is 6.20. The number of pyridine rings is 1. The van der Waals surface area contributed by atoms with Gasteiger partial charge in [-0.2, -0.15) is 0 Å². The molecular formula is C8H8ClNO2S. The summed E-state index contributed by atoms with van der Waals surface area (Å²) in [6.45, 7) is 0. The van der Waals surface area contributed by atoms with Gasteiger partial charge in [-0.15, -0.1) is 11.8 Å². The van der Waals surface area contributed by atoms with E-state index in [1.807, 2.05) is 0 Å². The number of carboxylic acids is 1. The summed E-state index contributed by atoms with van der Waals surface area (Å²) in [4.78, 5) is 14.0. The van der Waals surface area contributed by atoms with Crippen LogP contribution in [0.15, 0.2) is 18.5 Å². The van der Waals surface area contributed by atoms with Gasteiger partial charge in [0.25, 0.3) is 0 Å². The maximum Gasteiger partial charge on any atom is 0.313 e. The van der Waals surface area contributed by atoms with Crippen molar-refractivity contribution in [1.82, 2.24) is 4.98 Å². The zero-order chi connectivity index (χ0) is 9.68. The molecule has 70 valence electrons. The van der Waals surface area contributed by atoms with Gasteiger partial charge < -0.3 is 5.11 Å². The number of rotatable bonds is 4. The van der Waals surface area contributed by atoms with Crippen LogP contribution in [0.25, 0.3) is 0 Å². The molecule has 0 spiro atoms. The Morgan fingerprint density at radius 3 is 3.08 bits per heavy atom. The third-order valence-corrected chi connectivity index (χ3v) is 2.65. The Kier molecular flexibility index (Phi) is 4.05. The second kappa shape index (κ2) is 5.09. The number of carbonyl (C=O) groups is 1. The van der Waals surface area contributed by atoms with Gasteiger partial charge in [0.2, 0.25) is 0 Å². The van der Waals surface area contributed by atoms with Gasteiger partial charge >= 0.3 is 5.97 Å². The molecule has 13 heavy (non-hydrogen) atoms. The Labute approximate surface area is 85.1 Å². The molecule has 0 saturated carbocycles. The lowest BCUT2D eigenvalue weighted by Crippen LogP contribution is -1.98. The molecule has 0 bridgehead atoms. The predicted molar refractivity (Wildman–Crippen MR) is 53.0 cm³/mol. The standard InChI is InChI=1S/C8H8ClNO2S/c9-7-3-10-2-1-6(7)4-13-5-8(11)12/h1-3H,4-5H2,(H,11,12). The van der Waals surface area contributed by atoms with Gasteiger partial charge in [-0.1, -0.05) is 11.6 Å². The summed E-state index contributed by atoms with van der Waals surface area (Å²) in [5, 5.41) is 8.98. The highest BCUT2D eigenvalue weighted by Gasteiger charge is 2.01. The number of hydrogen-bond donors (Lipinski definition) is 1. The molecule has 0 amide bonds. The number of aromatic nitrogens is 1. The molecule has 3 nitrogen and oxygen atoms in total. The van der Waals surface area contributed by atoms with Crippen LogP contribution in [0.5, 0.6) is 0 Å². The first-order valence-corrected chi connectivity index (χ1v) is 5.11. The van der Waals surface area contributed by atoms with Crippen LogP contribution < -0.4 is 0 Å². The quantitative estimate of drug-likeness (QED) is 0.839. The van der Waals surface area contributed by atoms with Crippen LogP contribution in [0.1, 0.15) is 5.56 Å². The molecule has 5 heteroatoms. The van der Waals surface area contributed by atoms with E-state index in [0.717, 1.165) is 5.56 Å². The molecule has 0 unspecified atom stereocenters. The first-order valence-electron chi connectivity index (χ1n) is 3.58. The van der Waals surface area contributed by atoms with Crippen LogP contribution in [0.3, 0.4) is 0 Å². The summed E-state index contributed by atoms with van der Waals surface area (Å²) in [7, 11) is 0. The highest BCUT2D eigenvalue weighted by molar-refractivity contribution is 7.99.